The average molecular weight is 274 g/mol. The molecule has 3 nitrogen and oxygen atoms in total. The Hall–Kier alpha value is -1.37. The third-order valence-corrected chi connectivity index (χ3v) is 3.71. The molecule has 1 rings (SSSR count). The predicted octanol–water partition coefficient (Wildman–Crippen LogP) is 3.37. The minimum absolute atomic E-state index is 0.104. The monoisotopic (exact) mass is 274 g/mol. The molecule has 1 atom stereocenters. The van der Waals surface area contributed by atoms with E-state index >= 15 is 0 Å². The van der Waals surface area contributed by atoms with Crippen LogP contribution in [0.2, 0.25) is 0 Å². The molecule has 1 N–H and O–H groups in total. The lowest BCUT2D eigenvalue weighted by molar-refractivity contribution is 0.130. The fraction of sp³-hybridized carbons (Fsp3) is 0.588. The zero-order chi connectivity index (χ0) is 15.0. The van der Waals surface area contributed by atoms with Gasteiger partial charge in [0.1, 0.15) is 0 Å². The van der Waals surface area contributed by atoms with Gasteiger partial charge in [-0.2, -0.15) is 5.26 Å². The van der Waals surface area contributed by atoms with Crippen LogP contribution in [0.3, 0.4) is 0 Å². The van der Waals surface area contributed by atoms with Gasteiger partial charge in [0.05, 0.1) is 6.07 Å². The quantitative estimate of drug-likeness (QED) is 0.790. The van der Waals surface area contributed by atoms with E-state index in [9.17, 15) is 5.11 Å². The lowest BCUT2D eigenvalue weighted by Crippen LogP contribution is -2.34. The molecule has 0 fully saturated rings. The van der Waals surface area contributed by atoms with Gasteiger partial charge in [0, 0.05) is 25.6 Å². The molecule has 0 bridgehead atoms. The van der Waals surface area contributed by atoms with Crippen LogP contribution in [0.5, 0.6) is 0 Å². The Kier molecular flexibility index (Phi) is 6.70. The molecule has 0 saturated heterocycles. The van der Waals surface area contributed by atoms with Crippen molar-refractivity contribution in [3.63, 3.8) is 0 Å². The third kappa shape index (κ3) is 5.32. The van der Waals surface area contributed by atoms with Gasteiger partial charge in [0.2, 0.25) is 0 Å². The summed E-state index contributed by atoms with van der Waals surface area (Å²) in [4.78, 5) is 2.29. The Morgan fingerprint density at radius 1 is 1.30 bits per heavy atom. The van der Waals surface area contributed by atoms with Gasteiger partial charge in [-0.05, 0) is 30.9 Å². The van der Waals surface area contributed by atoms with E-state index in [0.717, 1.165) is 19.4 Å². The summed E-state index contributed by atoms with van der Waals surface area (Å²) < 4.78 is 0. The molecule has 1 unspecified atom stereocenters. The van der Waals surface area contributed by atoms with Crippen molar-refractivity contribution in [3.05, 3.63) is 35.9 Å². The van der Waals surface area contributed by atoms with Gasteiger partial charge in [-0.15, -0.1) is 0 Å². The van der Waals surface area contributed by atoms with Crippen LogP contribution in [0, 0.1) is 16.7 Å². The van der Waals surface area contributed by atoms with Crippen LogP contribution in [-0.4, -0.2) is 30.2 Å². The molecule has 0 spiro atoms. The molecular weight excluding hydrogens is 248 g/mol. The normalized spacial score (nSPS) is 13.2. The molecule has 0 aliphatic rings. The lowest BCUT2D eigenvalue weighted by Gasteiger charge is -2.35. The molecule has 1 aromatic rings. The number of benzene rings is 1. The summed E-state index contributed by atoms with van der Waals surface area (Å²) in [5.41, 5.74) is 1.34. The summed E-state index contributed by atoms with van der Waals surface area (Å²) in [7, 11) is 2.10. The first-order chi connectivity index (χ1) is 9.50. The summed E-state index contributed by atoms with van der Waals surface area (Å²) in [5, 5.41) is 18.1. The first-order valence-corrected chi connectivity index (χ1v) is 7.23. The second-order valence-corrected chi connectivity index (χ2v) is 6.18. The van der Waals surface area contributed by atoms with E-state index in [4.69, 9.17) is 5.26 Å². The minimum Gasteiger partial charge on any atom is -0.396 e. The van der Waals surface area contributed by atoms with E-state index in [1.165, 1.54) is 5.56 Å². The molecule has 0 aliphatic heterocycles. The van der Waals surface area contributed by atoms with Crippen molar-refractivity contribution < 1.29 is 5.11 Å². The molecule has 3 heteroatoms. The van der Waals surface area contributed by atoms with Gasteiger partial charge in [-0.25, -0.2) is 0 Å². The number of aliphatic hydroxyl groups is 1. The van der Waals surface area contributed by atoms with Crippen molar-refractivity contribution in [2.24, 2.45) is 5.41 Å². The summed E-state index contributed by atoms with van der Waals surface area (Å²) in [6, 6.07) is 12.8. The summed E-state index contributed by atoms with van der Waals surface area (Å²) in [6.45, 7) is 5.49. The van der Waals surface area contributed by atoms with Crippen molar-refractivity contribution >= 4 is 0 Å². The van der Waals surface area contributed by atoms with E-state index in [1.54, 1.807) is 0 Å². The minimum atomic E-state index is 0.104. The fourth-order valence-corrected chi connectivity index (χ4v) is 2.70. The summed E-state index contributed by atoms with van der Waals surface area (Å²) in [6.07, 6.45) is 2.22. The smallest absolute Gasteiger partial charge is 0.0621 e. The third-order valence-electron chi connectivity index (χ3n) is 3.71. The van der Waals surface area contributed by atoms with E-state index in [0.29, 0.717) is 6.42 Å². The van der Waals surface area contributed by atoms with Crippen LogP contribution in [0.4, 0.5) is 0 Å². The Morgan fingerprint density at radius 2 is 1.95 bits per heavy atom. The molecule has 0 heterocycles. The Labute approximate surface area is 122 Å². The highest BCUT2D eigenvalue weighted by molar-refractivity contribution is 5.19. The number of hydrogen-bond donors (Lipinski definition) is 1. The van der Waals surface area contributed by atoms with Crippen molar-refractivity contribution in [2.75, 3.05) is 20.2 Å². The van der Waals surface area contributed by atoms with Crippen LogP contribution >= 0.6 is 0 Å². The maximum atomic E-state index is 9.32. The molecular formula is C17H26N2O. The Balaban J connectivity index is 2.75. The average Bonchev–Trinajstić information content (AvgIpc) is 2.43. The van der Waals surface area contributed by atoms with Crippen LogP contribution in [0.25, 0.3) is 0 Å². The standard InChI is InChI=1S/C17H26N2O/c1-17(2,11-7-12-18)14-19(3)16(10-13-20)15-8-5-4-6-9-15/h4-6,8-9,16,20H,7,10-11,13-14H2,1-3H3. The van der Waals surface area contributed by atoms with Gasteiger partial charge >= 0.3 is 0 Å². The highest BCUT2D eigenvalue weighted by Crippen LogP contribution is 2.29. The van der Waals surface area contributed by atoms with Crippen molar-refractivity contribution in [1.29, 1.82) is 5.26 Å². The van der Waals surface area contributed by atoms with Gasteiger partial charge in [-0.3, -0.25) is 4.90 Å². The van der Waals surface area contributed by atoms with Crippen LogP contribution in [-0.2, 0) is 0 Å². The number of rotatable bonds is 8. The van der Waals surface area contributed by atoms with Crippen molar-refractivity contribution in [1.82, 2.24) is 4.90 Å². The van der Waals surface area contributed by atoms with E-state index in [1.807, 2.05) is 18.2 Å². The molecule has 0 aliphatic carbocycles. The number of hydrogen-bond acceptors (Lipinski definition) is 3. The van der Waals surface area contributed by atoms with E-state index < -0.39 is 0 Å². The van der Waals surface area contributed by atoms with Crippen molar-refractivity contribution in [3.8, 4) is 6.07 Å². The van der Waals surface area contributed by atoms with Gasteiger partial charge in [0.25, 0.3) is 0 Å². The van der Waals surface area contributed by atoms with Gasteiger partial charge in [-0.1, -0.05) is 44.2 Å². The first kappa shape index (κ1) is 16.7. The number of nitriles is 1. The molecule has 110 valence electrons. The summed E-state index contributed by atoms with van der Waals surface area (Å²) >= 11 is 0. The lowest BCUT2D eigenvalue weighted by atomic mass is 9.86. The topological polar surface area (TPSA) is 47.3 Å². The molecule has 20 heavy (non-hydrogen) atoms. The second-order valence-electron chi connectivity index (χ2n) is 6.18. The number of nitrogens with zero attached hydrogens (tertiary/aromatic N) is 2. The fourth-order valence-electron chi connectivity index (χ4n) is 2.70. The van der Waals surface area contributed by atoms with Crippen LogP contribution in [0.15, 0.2) is 30.3 Å². The maximum Gasteiger partial charge on any atom is 0.0621 e. The zero-order valence-corrected chi connectivity index (χ0v) is 12.8. The zero-order valence-electron chi connectivity index (χ0n) is 12.8. The molecule has 1 aromatic carbocycles. The van der Waals surface area contributed by atoms with E-state index in [2.05, 4.69) is 44.0 Å². The second kappa shape index (κ2) is 8.04. The van der Waals surface area contributed by atoms with Gasteiger partial charge < -0.3 is 5.11 Å². The van der Waals surface area contributed by atoms with Gasteiger partial charge in [0.15, 0.2) is 0 Å². The SMILES string of the molecule is CN(CC(C)(C)CCC#N)C(CCO)c1ccccc1. The molecule has 0 amide bonds. The largest absolute Gasteiger partial charge is 0.396 e. The maximum absolute atomic E-state index is 9.32. The van der Waals surface area contributed by atoms with Crippen molar-refractivity contribution in [2.45, 2.75) is 39.2 Å². The molecule has 0 radical (unpaired) electrons. The highest BCUT2D eigenvalue weighted by Gasteiger charge is 2.24. The van der Waals surface area contributed by atoms with Crippen LogP contribution < -0.4 is 0 Å². The Bertz CT molecular complexity index is 422. The highest BCUT2D eigenvalue weighted by atomic mass is 16.3. The van der Waals surface area contributed by atoms with E-state index in [-0.39, 0.29) is 18.1 Å². The number of aliphatic hydroxyl groups excluding tert-OH is 1. The predicted molar refractivity (Wildman–Crippen MR) is 82.1 cm³/mol. The Morgan fingerprint density at radius 3 is 2.50 bits per heavy atom. The summed E-state index contributed by atoms with van der Waals surface area (Å²) in [5.74, 6) is 0. The first-order valence-electron chi connectivity index (χ1n) is 7.23. The molecule has 0 aromatic heterocycles. The van der Waals surface area contributed by atoms with Crippen LogP contribution in [0.1, 0.15) is 44.7 Å². The molecule has 0 saturated carbocycles.